The molecule has 0 bridgehead atoms. The predicted molar refractivity (Wildman–Crippen MR) is 85.0 cm³/mol. The summed E-state index contributed by atoms with van der Waals surface area (Å²) in [7, 11) is 0. The highest BCUT2D eigenvalue weighted by Gasteiger charge is 2.35. The first-order valence-electron chi connectivity index (χ1n) is 8.64. The second-order valence-corrected chi connectivity index (χ2v) is 7.45. The molecule has 0 aromatic rings. The molecule has 118 valence electrons. The normalized spacial score (nSPS) is 27.4. The minimum Gasteiger partial charge on any atom is -0.381 e. The number of hydrogen-bond acceptors (Lipinski definition) is 3. The monoisotopic (exact) mass is 282 g/mol. The Hall–Kier alpha value is -0.120. The van der Waals surface area contributed by atoms with E-state index >= 15 is 0 Å². The smallest absolute Gasteiger partial charge is 0.0546 e. The Morgan fingerprint density at radius 2 is 2.15 bits per heavy atom. The van der Waals surface area contributed by atoms with Gasteiger partial charge in [0.25, 0.3) is 0 Å². The molecule has 1 aliphatic carbocycles. The van der Waals surface area contributed by atoms with Gasteiger partial charge in [0.05, 0.1) is 6.61 Å². The summed E-state index contributed by atoms with van der Waals surface area (Å²) in [5.74, 6) is 1.71. The molecule has 2 rings (SSSR count). The van der Waals surface area contributed by atoms with Gasteiger partial charge in [-0.25, -0.2) is 0 Å². The molecular formula is C17H34N2O. The molecule has 0 spiro atoms. The van der Waals surface area contributed by atoms with Crippen molar-refractivity contribution in [3.05, 3.63) is 0 Å². The standard InChI is InChI=1S/C17H34N2O/c1-4-19(11-16-6-7-16)13-17(8-5-9-20-14-17)12-18-10-15(2)3/h15-16,18H,4-14H2,1-3H3. The average molecular weight is 282 g/mol. The van der Waals surface area contributed by atoms with Gasteiger partial charge in [-0.2, -0.15) is 0 Å². The average Bonchev–Trinajstić information content (AvgIpc) is 3.22. The van der Waals surface area contributed by atoms with Gasteiger partial charge in [-0.15, -0.1) is 0 Å². The summed E-state index contributed by atoms with van der Waals surface area (Å²) in [4.78, 5) is 2.67. The number of rotatable bonds is 9. The summed E-state index contributed by atoms with van der Waals surface area (Å²) >= 11 is 0. The van der Waals surface area contributed by atoms with E-state index in [-0.39, 0.29) is 0 Å². The van der Waals surface area contributed by atoms with Gasteiger partial charge >= 0.3 is 0 Å². The zero-order valence-corrected chi connectivity index (χ0v) is 13.8. The van der Waals surface area contributed by atoms with E-state index in [0.29, 0.717) is 5.41 Å². The topological polar surface area (TPSA) is 24.5 Å². The summed E-state index contributed by atoms with van der Waals surface area (Å²) in [5, 5.41) is 3.69. The minimum absolute atomic E-state index is 0.345. The van der Waals surface area contributed by atoms with E-state index in [4.69, 9.17) is 4.74 Å². The van der Waals surface area contributed by atoms with Crippen LogP contribution in [0.3, 0.4) is 0 Å². The second-order valence-electron chi connectivity index (χ2n) is 7.45. The molecule has 2 aliphatic rings. The lowest BCUT2D eigenvalue weighted by molar-refractivity contribution is -0.0263. The molecule has 1 heterocycles. The lowest BCUT2D eigenvalue weighted by Crippen LogP contribution is -2.49. The van der Waals surface area contributed by atoms with Crippen LogP contribution >= 0.6 is 0 Å². The fourth-order valence-electron chi connectivity index (χ4n) is 3.30. The van der Waals surface area contributed by atoms with Crippen molar-refractivity contribution in [2.75, 3.05) is 45.9 Å². The van der Waals surface area contributed by atoms with Crippen molar-refractivity contribution < 1.29 is 4.74 Å². The molecule has 3 nitrogen and oxygen atoms in total. The van der Waals surface area contributed by atoms with Gasteiger partial charge in [-0.3, -0.25) is 0 Å². The molecule has 20 heavy (non-hydrogen) atoms. The van der Waals surface area contributed by atoms with E-state index in [9.17, 15) is 0 Å². The van der Waals surface area contributed by atoms with Crippen molar-refractivity contribution in [3.8, 4) is 0 Å². The van der Waals surface area contributed by atoms with Crippen LogP contribution in [0.15, 0.2) is 0 Å². The van der Waals surface area contributed by atoms with E-state index in [0.717, 1.165) is 38.1 Å². The largest absolute Gasteiger partial charge is 0.381 e. The van der Waals surface area contributed by atoms with Crippen molar-refractivity contribution >= 4 is 0 Å². The van der Waals surface area contributed by atoms with Gasteiger partial charge in [-0.1, -0.05) is 20.8 Å². The lowest BCUT2D eigenvalue weighted by Gasteiger charge is -2.41. The first kappa shape index (κ1) is 16.3. The van der Waals surface area contributed by atoms with Gasteiger partial charge in [0, 0.05) is 31.7 Å². The van der Waals surface area contributed by atoms with E-state index in [1.807, 2.05) is 0 Å². The molecule has 0 radical (unpaired) electrons. The van der Waals surface area contributed by atoms with Crippen LogP contribution < -0.4 is 5.32 Å². The first-order valence-corrected chi connectivity index (χ1v) is 8.64. The van der Waals surface area contributed by atoms with Crippen LogP contribution in [-0.2, 0) is 4.74 Å². The van der Waals surface area contributed by atoms with Crippen LogP contribution in [-0.4, -0.2) is 50.8 Å². The summed E-state index contributed by atoms with van der Waals surface area (Å²) in [6.45, 7) is 14.7. The fourth-order valence-corrected chi connectivity index (χ4v) is 3.30. The van der Waals surface area contributed by atoms with Crippen molar-refractivity contribution in [2.24, 2.45) is 17.3 Å². The van der Waals surface area contributed by atoms with Crippen LogP contribution in [0, 0.1) is 17.3 Å². The third-order valence-corrected chi connectivity index (χ3v) is 4.68. The zero-order chi connectivity index (χ0) is 14.4. The molecule has 1 saturated heterocycles. The highest BCUT2D eigenvalue weighted by Crippen LogP contribution is 2.33. The molecule has 3 heteroatoms. The van der Waals surface area contributed by atoms with Crippen LogP contribution in [0.25, 0.3) is 0 Å². The molecule has 1 aliphatic heterocycles. The molecule has 1 atom stereocenters. The van der Waals surface area contributed by atoms with E-state index < -0.39 is 0 Å². The predicted octanol–water partition coefficient (Wildman–Crippen LogP) is 2.76. The van der Waals surface area contributed by atoms with E-state index in [1.165, 1.54) is 45.3 Å². The minimum atomic E-state index is 0.345. The van der Waals surface area contributed by atoms with Crippen LogP contribution in [0.5, 0.6) is 0 Å². The number of nitrogens with one attached hydrogen (secondary N) is 1. The molecule has 2 fully saturated rings. The van der Waals surface area contributed by atoms with Gasteiger partial charge in [0.1, 0.15) is 0 Å². The van der Waals surface area contributed by atoms with Crippen molar-refractivity contribution in [1.82, 2.24) is 10.2 Å². The summed E-state index contributed by atoms with van der Waals surface area (Å²) in [5.41, 5.74) is 0.345. The Labute approximate surface area is 125 Å². The second kappa shape index (κ2) is 7.77. The highest BCUT2D eigenvalue weighted by molar-refractivity contribution is 4.89. The maximum absolute atomic E-state index is 5.84. The van der Waals surface area contributed by atoms with Crippen molar-refractivity contribution in [3.63, 3.8) is 0 Å². The van der Waals surface area contributed by atoms with Crippen LogP contribution in [0.4, 0.5) is 0 Å². The Morgan fingerprint density at radius 1 is 1.35 bits per heavy atom. The summed E-state index contributed by atoms with van der Waals surface area (Å²) in [6.07, 6.45) is 5.45. The van der Waals surface area contributed by atoms with Gasteiger partial charge in [0.15, 0.2) is 0 Å². The lowest BCUT2D eigenvalue weighted by atomic mass is 9.81. The Kier molecular flexibility index (Phi) is 6.31. The molecule has 1 N–H and O–H groups in total. The first-order chi connectivity index (χ1) is 9.63. The Bertz CT molecular complexity index is 270. The van der Waals surface area contributed by atoms with E-state index in [2.05, 4.69) is 31.0 Å². The molecule has 0 aromatic heterocycles. The summed E-state index contributed by atoms with van der Waals surface area (Å²) in [6, 6.07) is 0. The van der Waals surface area contributed by atoms with Gasteiger partial charge in [0.2, 0.25) is 0 Å². The van der Waals surface area contributed by atoms with Crippen molar-refractivity contribution in [1.29, 1.82) is 0 Å². The fraction of sp³-hybridized carbons (Fsp3) is 1.00. The molecule has 1 unspecified atom stereocenters. The maximum atomic E-state index is 5.84. The molecule has 0 aromatic carbocycles. The maximum Gasteiger partial charge on any atom is 0.0546 e. The molecule has 1 saturated carbocycles. The number of ether oxygens (including phenoxy) is 1. The summed E-state index contributed by atoms with van der Waals surface area (Å²) < 4.78 is 5.84. The third-order valence-electron chi connectivity index (χ3n) is 4.68. The van der Waals surface area contributed by atoms with Gasteiger partial charge < -0.3 is 15.0 Å². The number of hydrogen-bond donors (Lipinski definition) is 1. The zero-order valence-electron chi connectivity index (χ0n) is 13.8. The third kappa shape index (κ3) is 5.34. The Balaban J connectivity index is 1.86. The highest BCUT2D eigenvalue weighted by atomic mass is 16.5. The van der Waals surface area contributed by atoms with Crippen molar-refractivity contribution in [2.45, 2.75) is 46.5 Å². The van der Waals surface area contributed by atoms with Gasteiger partial charge in [-0.05, 0) is 50.6 Å². The number of nitrogens with zero attached hydrogens (tertiary/aromatic N) is 1. The molecule has 0 amide bonds. The molecular weight excluding hydrogens is 248 g/mol. The van der Waals surface area contributed by atoms with Crippen LogP contribution in [0.1, 0.15) is 46.5 Å². The SMILES string of the molecule is CCN(CC1CC1)CC1(CNCC(C)C)CCCOC1. The van der Waals surface area contributed by atoms with E-state index in [1.54, 1.807) is 0 Å². The van der Waals surface area contributed by atoms with Crippen LogP contribution in [0.2, 0.25) is 0 Å². The quantitative estimate of drug-likeness (QED) is 0.704. The Morgan fingerprint density at radius 3 is 2.70 bits per heavy atom.